The standard InChI is InChI=1S/C12H13FO3/c1-3-16-12(15)10(13)11(14)9-6-4-8(2)5-7-9/h4-7,10H,3H2,1-2H3. The summed E-state index contributed by atoms with van der Waals surface area (Å²) in [7, 11) is 0. The zero-order valence-corrected chi connectivity index (χ0v) is 9.20. The van der Waals surface area contributed by atoms with E-state index in [0.29, 0.717) is 0 Å². The van der Waals surface area contributed by atoms with Gasteiger partial charge >= 0.3 is 5.97 Å². The van der Waals surface area contributed by atoms with Gasteiger partial charge in [-0.3, -0.25) is 4.79 Å². The van der Waals surface area contributed by atoms with Crippen LogP contribution in [0.1, 0.15) is 22.8 Å². The number of halogens is 1. The molecule has 1 atom stereocenters. The molecule has 0 N–H and O–H groups in total. The highest BCUT2D eigenvalue weighted by Gasteiger charge is 2.28. The van der Waals surface area contributed by atoms with Crippen LogP contribution in [0.2, 0.25) is 0 Å². The summed E-state index contributed by atoms with van der Waals surface area (Å²) in [6.45, 7) is 3.47. The molecule has 0 radical (unpaired) electrons. The van der Waals surface area contributed by atoms with E-state index in [-0.39, 0.29) is 12.2 Å². The summed E-state index contributed by atoms with van der Waals surface area (Å²) in [5.41, 5.74) is 1.13. The topological polar surface area (TPSA) is 43.4 Å². The zero-order valence-electron chi connectivity index (χ0n) is 9.20. The van der Waals surface area contributed by atoms with Gasteiger partial charge in [0.1, 0.15) is 0 Å². The molecule has 1 aromatic rings. The molecular formula is C12H13FO3. The van der Waals surface area contributed by atoms with E-state index < -0.39 is 17.9 Å². The number of ether oxygens (including phenoxy) is 1. The number of aryl methyl sites for hydroxylation is 1. The Morgan fingerprint density at radius 2 is 1.88 bits per heavy atom. The lowest BCUT2D eigenvalue weighted by Gasteiger charge is -2.06. The number of carbonyl (C=O) groups excluding carboxylic acids is 2. The number of benzene rings is 1. The van der Waals surface area contributed by atoms with Crippen molar-refractivity contribution >= 4 is 11.8 Å². The second-order valence-corrected chi connectivity index (χ2v) is 3.34. The first-order chi connectivity index (χ1) is 7.56. The first kappa shape index (κ1) is 12.4. The zero-order chi connectivity index (χ0) is 12.1. The molecule has 0 aromatic heterocycles. The Bertz CT molecular complexity index is 384. The Hall–Kier alpha value is -1.71. The summed E-state index contributed by atoms with van der Waals surface area (Å²) in [4.78, 5) is 22.5. The maximum absolute atomic E-state index is 13.3. The van der Waals surface area contributed by atoms with Crippen molar-refractivity contribution in [2.45, 2.75) is 20.0 Å². The number of ketones is 1. The number of hydrogen-bond donors (Lipinski definition) is 0. The van der Waals surface area contributed by atoms with E-state index >= 15 is 0 Å². The van der Waals surface area contributed by atoms with Crippen LogP contribution in [0.4, 0.5) is 4.39 Å². The number of esters is 1. The molecule has 0 bridgehead atoms. The molecular weight excluding hydrogens is 211 g/mol. The quantitative estimate of drug-likeness (QED) is 0.447. The highest BCUT2D eigenvalue weighted by atomic mass is 19.1. The molecule has 0 fully saturated rings. The molecule has 0 aliphatic heterocycles. The van der Waals surface area contributed by atoms with Crippen molar-refractivity contribution in [2.24, 2.45) is 0 Å². The van der Waals surface area contributed by atoms with Gasteiger partial charge in [-0.1, -0.05) is 29.8 Å². The Kier molecular flexibility index (Phi) is 4.17. The van der Waals surface area contributed by atoms with Crippen molar-refractivity contribution in [3.8, 4) is 0 Å². The van der Waals surface area contributed by atoms with Crippen molar-refractivity contribution in [3.05, 3.63) is 35.4 Å². The van der Waals surface area contributed by atoms with E-state index in [1.165, 1.54) is 12.1 Å². The second kappa shape index (κ2) is 5.39. The van der Waals surface area contributed by atoms with Crippen LogP contribution in [0.15, 0.2) is 24.3 Å². The second-order valence-electron chi connectivity index (χ2n) is 3.34. The first-order valence-corrected chi connectivity index (χ1v) is 4.98. The van der Waals surface area contributed by atoms with Crippen LogP contribution in [0.5, 0.6) is 0 Å². The molecule has 0 saturated carbocycles. The van der Waals surface area contributed by atoms with Crippen molar-refractivity contribution in [2.75, 3.05) is 6.61 Å². The number of rotatable bonds is 4. The average Bonchev–Trinajstić information content (AvgIpc) is 2.28. The summed E-state index contributed by atoms with van der Waals surface area (Å²) in [6, 6.07) is 6.35. The van der Waals surface area contributed by atoms with Crippen molar-refractivity contribution < 1.29 is 18.7 Å². The lowest BCUT2D eigenvalue weighted by atomic mass is 10.1. The van der Waals surface area contributed by atoms with E-state index in [2.05, 4.69) is 4.74 Å². The molecule has 1 aromatic carbocycles. The maximum Gasteiger partial charge on any atom is 0.348 e. The monoisotopic (exact) mass is 224 g/mol. The average molecular weight is 224 g/mol. The highest BCUT2D eigenvalue weighted by molar-refractivity contribution is 6.11. The van der Waals surface area contributed by atoms with Crippen molar-refractivity contribution in [1.29, 1.82) is 0 Å². The predicted octanol–water partition coefficient (Wildman–Crippen LogP) is 2.08. The number of carbonyl (C=O) groups is 2. The van der Waals surface area contributed by atoms with Gasteiger partial charge in [-0.15, -0.1) is 0 Å². The lowest BCUT2D eigenvalue weighted by Crippen LogP contribution is -2.27. The SMILES string of the molecule is CCOC(=O)C(F)C(=O)c1ccc(C)cc1. The highest BCUT2D eigenvalue weighted by Crippen LogP contribution is 2.09. The fraction of sp³-hybridized carbons (Fsp3) is 0.333. The Morgan fingerprint density at radius 1 is 1.31 bits per heavy atom. The van der Waals surface area contributed by atoms with Crippen molar-refractivity contribution in [3.63, 3.8) is 0 Å². The van der Waals surface area contributed by atoms with Gasteiger partial charge < -0.3 is 4.74 Å². The molecule has 0 aliphatic carbocycles. The minimum Gasteiger partial charge on any atom is -0.463 e. The molecule has 1 unspecified atom stereocenters. The summed E-state index contributed by atoms with van der Waals surface area (Å²) >= 11 is 0. The van der Waals surface area contributed by atoms with Crippen LogP contribution >= 0.6 is 0 Å². The van der Waals surface area contributed by atoms with Crippen LogP contribution in [0.3, 0.4) is 0 Å². The molecule has 0 aliphatic rings. The molecule has 0 spiro atoms. The Morgan fingerprint density at radius 3 is 2.38 bits per heavy atom. The summed E-state index contributed by atoms with van der Waals surface area (Å²) in [6.07, 6.45) is -2.23. The van der Waals surface area contributed by atoms with E-state index in [1.54, 1.807) is 19.1 Å². The van der Waals surface area contributed by atoms with Gasteiger partial charge in [-0.2, -0.15) is 0 Å². The third-order valence-corrected chi connectivity index (χ3v) is 2.06. The lowest BCUT2D eigenvalue weighted by molar-refractivity contribution is -0.147. The molecule has 4 heteroatoms. The first-order valence-electron chi connectivity index (χ1n) is 4.98. The third kappa shape index (κ3) is 2.89. The van der Waals surface area contributed by atoms with Crippen LogP contribution in [0.25, 0.3) is 0 Å². The largest absolute Gasteiger partial charge is 0.463 e. The molecule has 16 heavy (non-hydrogen) atoms. The van der Waals surface area contributed by atoms with E-state index in [0.717, 1.165) is 5.56 Å². The molecule has 0 saturated heterocycles. The van der Waals surface area contributed by atoms with Crippen LogP contribution < -0.4 is 0 Å². The van der Waals surface area contributed by atoms with Gasteiger partial charge in [0.25, 0.3) is 6.17 Å². The minimum absolute atomic E-state index is 0.0560. The smallest absolute Gasteiger partial charge is 0.348 e. The molecule has 3 nitrogen and oxygen atoms in total. The van der Waals surface area contributed by atoms with E-state index in [1.807, 2.05) is 6.92 Å². The predicted molar refractivity (Wildman–Crippen MR) is 57.0 cm³/mol. The fourth-order valence-electron chi connectivity index (χ4n) is 1.19. The summed E-state index contributed by atoms with van der Waals surface area (Å²) in [5, 5.41) is 0. The Labute approximate surface area is 93.2 Å². The molecule has 0 heterocycles. The fourth-order valence-corrected chi connectivity index (χ4v) is 1.19. The van der Waals surface area contributed by atoms with Gasteiger partial charge in [0.2, 0.25) is 5.78 Å². The molecule has 86 valence electrons. The number of hydrogen-bond acceptors (Lipinski definition) is 3. The van der Waals surface area contributed by atoms with E-state index in [9.17, 15) is 14.0 Å². The third-order valence-electron chi connectivity index (χ3n) is 2.06. The van der Waals surface area contributed by atoms with Gasteiger partial charge in [-0.05, 0) is 13.8 Å². The minimum atomic E-state index is -2.23. The summed E-state index contributed by atoms with van der Waals surface area (Å²) in [5.74, 6) is -1.99. The normalized spacial score (nSPS) is 11.9. The Balaban J connectivity index is 2.78. The van der Waals surface area contributed by atoms with Gasteiger partial charge in [-0.25, -0.2) is 9.18 Å². The molecule has 1 rings (SSSR count). The van der Waals surface area contributed by atoms with Crippen molar-refractivity contribution in [1.82, 2.24) is 0 Å². The number of alkyl halides is 1. The molecule has 0 amide bonds. The summed E-state index contributed by atoms with van der Waals surface area (Å²) < 4.78 is 17.8. The van der Waals surface area contributed by atoms with E-state index in [4.69, 9.17) is 0 Å². The maximum atomic E-state index is 13.3. The van der Waals surface area contributed by atoms with Crippen LogP contribution in [-0.4, -0.2) is 24.5 Å². The van der Waals surface area contributed by atoms with Gasteiger partial charge in [0.15, 0.2) is 0 Å². The van der Waals surface area contributed by atoms with Gasteiger partial charge in [0.05, 0.1) is 6.61 Å². The number of Topliss-reactive ketones (excluding diaryl/α,β-unsaturated/α-hetero) is 1. The van der Waals surface area contributed by atoms with Crippen LogP contribution in [-0.2, 0) is 9.53 Å². The van der Waals surface area contributed by atoms with Crippen LogP contribution in [0, 0.1) is 6.92 Å². The van der Waals surface area contributed by atoms with Gasteiger partial charge in [0, 0.05) is 5.56 Å².